The lowest BCUT2D eigenvalue weighted by Gasteiger charge is -2.34. The fourth-order valence-corrected chi connectivity index (χ4v) is 3.52. The van der Waals surface area contributed by atoms with E-state index in [2.05, 4.69) is 5.32 Å². The molecule has 132 valence electrons. The van der Waals surface area contributed by atoms with Crippen molar-refractivity contribution >= 4 is 6.03 Å². The molecule has 1 saturated heterocycles. The van der Waals surface area contributed by atoms with E-state index in [1.54, 1.807) is 7.11 Å². The Morgan fingerprint density at radius 3 is 2.29 bits per heavy atom. The first-order valence-corrected chi connectivity index (χ1v) is 8.96. The van der Waals surface area contributed by atoms with Crippen LogP contribution >= 0.6 is 0 Å². The second-order valence-electron chi connectivity index (χ2n) is 7.10. The van der Waals surface area contributed by atoms with Crippen LogP contribution in [0.5, 0.6) is 5.75 Å². The van der Waals surface area contributed by atoms with Crippen molar-refractivity contribution in [2.75, 3.05) is 20.2 Å². The highest BCUT2D eigenvalue weighted by Crippen LogP contribution is 2.41. The summed E-state index contributed by atoms with van der Waals surface area (Å²) in [5.41, 5.74) is 1.14. The number of carbonyl (C=O) groups is 1. The Kier molecular flexibility index (Phi) is 5.29. The summed E-state index contributed by atoms with van der Waals surface area (Å²) in [6, 6.07) is 8.09. The third kappa shape index (κ3) is 4.01. The zero-order chi connectivity index (χ0) is 17.1. The largest absolute Gasteiger partial charge is 0.497 e. The minimum atomic E-state index is -0.284. The van der Waals surface area contributed by atoms with Gasteiger partial charge in [-0.2, -0.15) is 0 Å². The quantitative estimate of drug-likeness (QED) is 0.871. The number of amides is 2. The SMILES string of the molecule is COc1ccc(C(NC(=O)N2CCC(C(C)O)CC2)C2CC2)cc1. The lowest BCUT2D eigenvalue weighted by atomic mass is 9.92. The van der Waals surface area contributed by atoms with Gasteiger partial charge in [-0.3, -0.25) is 0 Å². The predicted molar refractivity (Wildman–Crippen MR) is 93.0 cm³/mol. The first-order valence-electron chi connectivity index (χ1n) is 8.96. The second kappa shape index (κ2) is 7.43. The van der Waals surface area contributed by atoms with Gasteiger partial charge in [0.2, 0.25) is 0 Å². The van der Waals surface area contributed by atoms with Crippen LogP contribution in [0.2, 0.25) is 0 Å². The Bertz CT molecular complexity index is 546. The number of likely N-dealkylation sites (tertiary alicyclic amines) is 1. The van der Waals surface area contributed by atoms with Crippen molar-refractivity contribution in [3.05, 3.63) is 29.8 Å². The number of urea groups is 1. The third-order valence-corrected chi connectivity index (χ3v) is 5.36. The molecule has 2 atom stereocenters. The van der Waals surface area contributed by atoms with Crippen molar-refractivity contribution in [3.8, 4) is 5.75 Å². The molecule has 1 aliphatic heterocycles. The van der Waals surface area contributed by atoms with Gasteiger partial charge in [-0.1, -0.05) is 12.1 Å². The van der Waals surface area contributed by atoms with E-state index in [9.17, 15) is 9.90 Å². The van der Waals surface area contributed by atoms with Gasteiger partial charge >= 0.3 is 6.03 Å². The van der Waals surface area contributed by atoms with Gasteiger partial charge in [0.1, 0.15) is 5.75 Å². The number of piperidine rings is 1. The zero-order valence-electron chi connectivity index (χ0n) is 14.6. The van der Waals surface area contributed by atoms with E-state index < -0.39 is 0 Å². The Morgan fingerprint density at radius 1 is 1.17 bits per heavy atom. The maximum absolute atomic E-state index is 12.6. The summed E-state index contributed by atoms with van der Waals surface area (Å²) in [7, 11) is 1.66. The molecule has 0 bridgehead atoms. The Balaban J connectivity index is 1.60. The topological polar surface area (TPSA) is 61.8 Å². The van der Waals surface area contributed by atoms with Gasteiger partial charge in [-0.05, 0) is 62.1 Å². The van der Waals surface area contributed by atoms with E-state index in [0.29, 0.717) is 11.8 Å². The number of hydrogen-bond donors (Lipinski definition) is 2. The molecule has 0 spiro atoms. The number of carbonyl (C=O) groups excluding carboxylic acids is 1. The second-order valence-corrected chi connectivity index (χ2v) is 7.10. The number of rotatable bonds is 5. The standard InChI is InChI=1S/C19H28N2O3/c1-13(22)14-9-11-21(12-10-14)19(23)20-18(15-3-4-15)16-5-7-17(24-2)8-6-16/h5-8,13-15,18,22H,3-4,9-12H2,1-2H3,(H,20,23). The summed E-state index contributed by atoms with van der Waals surface area (Å²) >= 11 is 0. The first kappa shape index (κ1) is 17.1. The number of hydrogen-bond acceptors (Lipinski definition) is 3. The molecule has 2 fully saturated rings. The molecule has 0 aromatic heterocycles. The molecule has 24 heavy (non-hydrogen) atoms. The van der Waals surface area contributed by atoms with Crippen LogP contribution in [0.15, 0.2) is 24.3 Å². The number of nitrogens with zero attached hydrogens (tertiary/aromatic N) is 1. The van der Waals surface area contributed by atoms with E-state index >= 15 is 0 Å². The average molecular weight is 332 g/mol. The highest BCUT2D eigenvalue weighted by molar-refractivity contribution is 5.75. The third-order valence-electron chi connectivity index (χ3n) is 5.36. The van der Waals surface area contributed by atoms with Crippen LogP contribution in [-0.4, -0.2) is 42.3 Å². The Labute approximate surface area is 144 Å². The van der Waals surface area contributed by atoms with Crippen LogP contribution < -0.4 is 10.1 Å². The van der Waals surface area contributed by atoms with Gasteiger partial charge < -0.3 is 20.1 Å². The molecule has 2 unspecified atom stereocenters. The number of ether oxygens (including phenoxy) is 1. The molecule has 0 radical (unpaired) electrons. The predicted octanol–water partition coefficient (Wildman–Crippen LogP) is 2.95. The molecular formula is C19H28N2O3. The molecule has 5 heteroatoms. The van der Waals surface area contributed by atoms with Gasteiger partial charge in [0.15, 0.2) is 0 Å². The summed E-state index contributed by atoms with van der Waals surface area (Å²) < 4.78 is 5.21. The van der Waals surface area contributed by atoms with Crippen molar-refractivity contribution in [2.45, 2.75) is 44.8 Å². The lowest BCUT2D eigenvalue weighted by Crippen LogP contribution is -2.47. The van der Waals surface area contributed by atoms with Gasteiger partial charge in [0.25, 0.3) is 0 Å². The van der Waals surface area contributed by atoms with E-state index in [1.165, 1.54) is 12.8 Å². The molecule has 2 aliphatic rings. The number of aliphatic hydroxyl groups is 1. The summed E-state index contributed by atoms with van der Waals surface area (Å²) in [6.07, 6.45) is 3.81. The minimum absolute atomic E-state index is 0.0201. The van der Waals surface area contributed by atoms with Crippen LogP contribution in [0.1, 0.15) is 44.2 Å². The fraction of sp³-hybridized carbons (Fsp3) is 0.632. The first-order chi connectivity index (χ1) is 11.6. The summed E-state index contributed by atoms with van der Waals surface area (Å²) in [5.74, 6) is 1.69. The fourth-order valence-electron chi connectivity index (χ4n) is 3.52. The highest BCUT2D eigenvalue weighted by atomic mass is 16.5. The molecule has 1 aliphatic carbocycles. The van der Waals surface area contributed by atoms with Gasteiger partial charge in [-0.15, -0.1) is 0 Å². The molecular weight excluding hydrogens is 304 g/mol. The van der Waals surface area contributed by atoms with E-state index in [1.807, 2.05) is 36.1 Å². The van der Waals surface area contributed by atoms with Gasteiger partial charge in [0, 0.05) is 13.1 Å². The van der Waals surface area contributed by atoms with Crippen LogP contribution in [0.4, 0.5) is 4.79 Å². The van der Waals surface area contributed by atoms with E-state index in [-0.39, 0.29) is 18.2 Å². The van der Waals surface area contributed by atoms with Crippen molar-refractivity contribution < 1.29 is 14.6 Å². The van der Waals surface area contributed by atoms with Crippen LogP contribution in [0.3, 0.4) is 0 Å². The number of methoxy groups -OCH3 is 1. The molecule has 5 nitrogen and oxygen atoms in total. The van der Waals surface area contributed by atoms with Crippen LogP contribution in [0, 0.1) is 11.8 Å². The Morgan fingerprint density at radius 2 is 1.79 bits per heavy atom. The van der Waals surface area contributed by atoms with Crippen molar-refractivity contribution in [2.24, 2.45) is 11.8 Å². The monoisotopic (exact) mass is 332 g/mol. The van der Waals surface area contributed by atoms with E-state index in [4.69, 9.17) is 4.74 Å². The Hall–Kier alpha value is -1.75. The number of benzene rings is 1. The molecule has 1 aromatic rings. The normalized spacial score (nSPS) is 21.2. The van der Waals surface area contributed by atoms with Crippen LogP contribution in [0.25, 0.3) is 0 Å². The summed E-state index contributed by atoms with van der Waals surface area (Å²) in [5, 5.41) is 12.9. The number of aliphatic hydroxyl groups excluding tert-OH is 1. The maximum atomic E-state index is 12.6. The van der Waals surface area contributed by atoms with Crippen molar-refractivity contribution in [1.29, 1.82) is 0 Å². The molecule has 3 rings (SSSR count). The van der Waals surface area contributed by atoms with Crippen LogP contribution in [-0.2, 0) is 0 Å². The zero-order valence-corrected chi connectivity index (χ0v) is 14.6. The van der Waals surface area contributed by atoms with Crippen molar-refractivity contribution in [1.82, 2.24) is 10.2 Å². The van der Waals surface area contributed by atoms with Crippen molar-refractivity contribution in [3.63, 3.8) is 0 Å². The highest BCUT2D eigenvalue weighted by Gasteiger charge is 2.35. The summed E-state index contributed by atoms with van der Waals surface area (Å²) in [6.45, 7) is 3.29. The summed E-state index contributed by atoms with van der Waals surface area (Å²) in [4.78, 5) is 14.5. The van der Waals surface area contributed by atoms with E-state index in [0.717, 1.165) is 37.2 Å². The molecule has 2 N–H and O–H groups in total. The van der Waals surface area contributed by atoms with Gasteiger partial charge in [-0.25, -0.2) is 4.79 Å². The minimum Gasteiger partial charge on any atom is -0.497 e. The maximum Gasteiger partial charge on any atom is 0.317 e. The molecule has 2 amide bonds. The molecule has 1 aromatic carbocycles. The lowest BCUT2D eigenvalue weighted by molar-refractivity contribution is 0.0791. The molecule has 1 saturated carbocycles. The number of nitrogens with one attached hydrogen (secondary N) is 1. The smallest absolute Gasteiger partial charge is 0.317 e. The molecule has 1 heterocycles. The average Bonchev–Trinajstić information content (AvgIpc) is 3.44. The van der Waals surface area contributed by atoms with Gasteiger partial charge in [0.05, 0.1) is 19.3 Å².